The lowest BCUT2D eigenvalue weighted by Gasteiger charge is -2.37. The third-order valence-electron chi connectivity index (χ3n) is 6.74. The van der Waals surface area contributed by atoms with Gasteiger partial charge in [0.15, 0.2) is 0 Å². The average molecular weight is 484 g/mol. The number of fused-ring (bicyclic) bond motifs is 1. The van der Waals surface area contributed by atoms with E-state index in [1.165, 1.54) is 11.3 Å². The fourth-order valence-electron chi connectivity index (χ4n) is 4.78. The van der Waals surface area contributed by atoms with Gasteiger partial charge in [-0.2, -0.15) is 9.97 Å². The van der Waals surface area contributed by atoms with Gasteiger partial charge in [0, 0.05) is 30.2 Å². The van der Waals surface area contributed by atoms with E-state index in [4.69, 9.17) is 4.74 Å². The molecule has 1 unspecified atom stereocenters. The summed E-state index contributed by atoms with van der Waals surface area (Å²) in [4.78, 5) is 15.0. The summed E-state index contributed by atoms with van der Waals surface area (Å²) in [7, 11) is 0. The van der Waals surface area contributed by atoms with Crippen molar-refractivity contribution in [2.45, 2.75) is 52.0 Å². The summed E-state index contributed by atoms with van der Waals surface area (Å²) in [6.45, 7) is 10.8. The Hall–Kier alpha value is -3.71. The Kier molecular flexibility index (Phi) is 6.49. The highest BCUT2D eigenvalue weighted by Crippen LogP contribution is 2.36. The number of nitrogens with zero attached hydrogens (tertiary/aromatic N) is 4. The summed E-state index contributed by atoms with van der Waals surface area (Å²) in [5, 5.41) is 14.4. The molecule has 0 amide bonds. The van der Waals surface area contributed by atoms with Crippen molar-refractivity contribution in [3.63, 3.8) is 0 Å². The third-order valence-corrected chi connectivity index (χ3v) is 6.74. The largest absolute Gasteiger partial charge is 0.493 e. The van der Waals surface area contributed by atoms with E-state index in [1.807, 2.05) is 12.1 Å². The number of rotatable bonds is 5. The summed E-state index contributed by atoms with van der Waals surface area (Å²) in [6, 6.07) is 17.1. The molecule has 1 aliphatic heterocycles. The van der Waals surface area contributed by atoms with Crippen molar-refractivity contribution in [3.05, 3.63) is 72.1 Å². The zero-order chi connectivity index (χ0) is 25.3. The summed E-state index contributed by atoms with van der Waals surface area (Å²) in [5.74, 6) is 0.490. The maximum absolute atomic E-state index is 10.3. The van der Waals surface area contributed by atoms with E-state index in [0.717, 1.165) is 37.2 Å². The number of pyridine rings is 1. The zero-order valence-electron chi connectivity index (χ0n) is 21.3. The normalized spacial score (nSPS) is 16.2. The smallest absolute Gasteiger partial charge is 0.325 e. The van der Waals surface area contributed by atoms with Gasteiger partial charge in [0.25, 0.3) is 0 Å². The number of ether oxygens (including phenoxy) is 1. The molecule has 5 rings (SSSR count). The van der Waals surface area contributed by atoms with Crippen LogP contribution in [0.25, 0.3) is 10.9 Å². The molecule has 7 nitrogen and oxygen atoms in total. The van der Waals surface area contributed by atoms with Gasteiger partial charge in [-0.25, -0.2) is 0 Å². The first-order chi connectivity index (χ1) is 17.3. The van der Waals surface area contributed by atoms with Crippen LogP contribution in [0.1, 0.15) is 44.7 Å². The highest BCUT2D eigenvalue weighted by molar-refractivity contribution is 5.82. The number of hydrogen-bond acceptors (Lipinski definition) is 7. The first kappa shape index (κ1) is 24.0. The number of nitrogens with one attached hydrogen (secondary N) is 1. The minimum absolute atomic E-state index is 0.0891. The van der Waals surface area contributed by atoms with Crippen LogP contribution in [-0.2, 0) is 5.41 Å². The molecular weight excluding hydrogens is 450 g/mol. The van der Waals surface area contributed by atoms with Gasteiger partial charge >= 0.3 is 6.01 Å². The second-order valence-corrected chi connectivity index (χ2v) is 10.4. The lowest BCUT2D eigenvalue weighted by Crippen LogP contribution is -2.44. The van der Waals surface area contributed by atoms with E-state index in [0.29, 0.717) is 22.7 Å². The molecule has 0 radical (unpaired) electrons. The van der Waals surface area contributed by atoms with Crippen molar-refractivity contribution < 1.29 is 9.84 Å². The molecule has 3 heterocycles. The quantitative estimate of drug-likeness (QED) is 0.359. The monoisotopic (exact) mass is 483 g/mol. The fraction of sp³-hybridized carbons (Fsp3) is 0.345. The lowest BCUT2D eigenvalue weighted by atomic mass is 9.87. The Morgan fingerprint density at radius 1 is 1.06 bits per heavy atom. The number of piperidine rings is 1. The van der Waals surface area contributed by atoms with Crippen molar-refractivity contribution in [2.24, 2.45) is 0 Å². The van der Waals surface area contributed by atoms with Gasteiger partial charge in [0.1, 0.15) is 5.75 Å². The Morgan fingerprint density at radius 3 is 2.56 bits per heavy atom. The predicted octanol–water partition coefficient (Wildman–Crippen LogP) is 6.02. The molecule has 1 fully saturated rings. The highest BCUT2D eigenvalue weighted by atomic mass is 16.5. The SMILES string of the molecule is Cc1cc(Oc2nc(O)c3ccncc3n2)ccc1N(c1ccc(C(C)(C)C)cc1)C1CCCNC1. The van der Waals surface area contributed by atoms with Gasteiger partial charge in [0.05, 0.1) is 17.1 Å². The minimum atomic E-state index is -0.125. The van der Waals surface area contributed by atoms with Crippen molar-refractivity contribution >= 4 is 22.3 Å². The van der Waals surface area contributed by atoms with Crippen molar-refractivity contribution in [1.29, 1.82) is 0 Å². The molecule has 1 aliphatic rings. The maximum atomic E-state index is 10.3. The van der Waals surface area contributed by atoms with Gasteiger partial charge in [0.2, 0.25) is 5.88 Å². The van der Waals surface area contributed by atoms with E-state index < -0.39 is 0 Å². The molecule has 0 aliphatic carbocycles. The molecule has 7 heteroatoms. The number of benzene rings is 2. The van der Waals surface area contributed by atoms with Crippen molar-refractivity contribution in [3.8, 4) is 17.6 Å². The van der Waals surface area contributed by atoms with Crippen molar-refractivity contribution in [1.82, 2.24) is 20.3 Å². The minimum Gasteiger partial charge on any atom is -0.493 e. The van der Waals surface area contributed by atoms with Gasteiger partial charge in [-0.1, -0.05) is 32.9 Å². The third kappa shape index (κ3) is 4.97. The Bertz CT molecular complexity index is 1360. The Morgan fingerprint density at radius 2 is 1.86 bits per heavy atom. The van der Waals surface area contributed by atoms with Gasteiger partial charge in [-0.3, -0.25) is 4.98 Å². The van der Waals surface area contributed by atoms with Gasteiger partial charge < -0.3 is 20.1 Å². The molecule has 2 aromatic carbocycles. The number of anilines is 2. The van der Waals surface area contributed by atoms with E-state index in [2.05, 4.69) is 83.2 Å². The van der Waals surface area contributed by atoms with Crippen LogP contribution in [0.3, 0.4) is 0 Å². The molecule has 1 atom stereocenters. The van der Waals surface area contributed by atoms with Crippen LogP contribution >= 0.6 is 0 Å². The van der Waals surface area contributed by atoms with Crippen LogP contribution < -0.4 is 15.0 Å². The highest BCUT2D eigenvalue weighted by Gasteiger charge is 2.25. The molecule has 4 aromatic rings. The van der Waals surface area contributed by atoms with Gasteiger partial charge in [-0.05, 0) is 79.3 Å². The number of hydrogen-bond donors (Lipinski definition) is 2. The lowest BCUT2D eigenvalue weighted by molar-refractivity contribution is 0.411. The van der Waals surface area contributed by atoms with Crippen LogP contribution in [0.4, 0.5) is 11.4 Å². The average Bonchev–Trinajstić information content (AvgIpc) is 2.86. The first-order valence-corrected chi connectivity index (χ1v) is 12.5. The molecular formula is C29H33N5O2. The molecule has 186 valence electrons. The first-order valence-electron chi connectivity index (χ1n) is 12.5. The van der Waals surface area contributed by atoms with Crippen LogP contribution in [0.2, 0.25) is 0 Å². The molecule has 36 heavy (non-hydrogen) atoms. The molecule has 0 saturated carbocycles. The zero-order valence-corrected chi connectivity index (χ0v) is 21.3. The van der Waals surface area contributed by atoms with Gasteiger partial charge in [-0.15, -0.1) is 0 Å². The maximum Gasteiger partial charge on any atom is 0.325 e. The second-order valence-electron chi connectivity index (χ2n) is 10.4. The van der Waals surface area contributed by atoms with Crippen LogP contribution in [0.15, 0.2) is 60.9 Å². The molecule has 0 bridgehead atoms. The Labute approximate surface area is 212 Å². The Balaban J connectivity index is 1.46. The summed E-state index contributed by atoms with van der Waals surface area (Å²) >= 11 is 0. The van der Waals surface area contributed by atoms with E-state index in [1.54, 1.807) is 18.5 Å². The molecule has 0 spiro atoms. The van der Waals surface area contributed by atoms with Crippen LogP contribution in [0.5, 0.6) is 17.6 Å². The number of aromatic hydroxyl groups is 1. The van der Waals surface area contributed by atoms with Crippen LogP contribution in [0, 0.1) is 6.92 Å². The van der Waals surface area contributed by atoms with E-state index >= 15 is 0 Å². The van der Waals surface area contributed by atoms with Crippen LogP contribution in [-0.4, -0.2) is 39.2 Å². The summed E-state index contributed by atoms with van der Waals surface area (Å²) < 4.78 is 5.95. The molecule has 2 N–H and O–H groups in total. The molecule has 2 aromatic heterocycles. The number of aromatic nitrogens is 3. The molecule has 1 saturated heterocycles. The second kappa shape index (κ2) is 9.74. The topological polar surface area (TPSA) is 83.4 Å². The van der Waals surface area contributed by atoms with Crippen molar-refractivity contribution in [2.75, 3.05) is 18.0 Å². The van der Waals surface area contributed by atoms with E-state index in [9.17, 15) is 5.11 Å². The number of aryl methyl sites for hydroxylation is 1. The fourth-order valence-corrected chi connectivity index (χ4v) is 4.78. The standard InChI is InChI=1S/C29H33N5O2/c1-19-16-23(36-28-32-25-18-31-15-13-24(25)27(35)33-28)11-12-26(19)34(22-6-5-14-30-17-22)21-9-7-20(8-10-21)29(2,3)4/h7-13,15-16,18,22,30H,5-6,14,17H2,1-4H3,(H,32,33,35). The summed E-state index contributed by atoms with van der Waals surface area (Å²) in [6.07, 6.45) is 5.46. The predicted molar refractivity (Wildman–Crippen MR) is 143 cm³/mol. The van der Waals surface area contributed by atoms with E-state index in [-0.39, 0.29) is 17.3 Å². The summed E-state index contributed by atoms with van der Waals surface area (Å²) in [5.41, 5.74) is 5.38.